The molecule has 2 aromatic rings. The number of carbonyl (C=O) groups is 2. The van der Waals surface area contributed by atoms with Gasteiger partial charge in [0.05, 0.1) is 0 Å². The number of halogens is 6. The van der Waals surface area contributed by atoms with Crippen LogP contribution >= 0.6 is 0 Å². The Balaban J connectivity index is 1.98. The first-order chi connectivity index (χ1) is 14.0. The number of carbonyl (C=O) groups excluding carboxylic acids is 2. The van der Waals surface area contributed by atoms with Gasteiger partial charge in [-0.05, 0) is 40.8 Å². The minimum atomic E-state index is -6.53. The fourth-order valence-corrected chi connectivity index (χ4v) is 3.73. The molecule has 0 spiro atoms. The highest BCUT2D eigenvalue weighted by molar-refractivity contribution is 7.88. The zero-order chi connectivity index (χ0) is 23.6. The maximum absolute atomic E-state index is 13.5. The highest BCUT2D eigenvalue weighted by Crippen LogP contribution is 2.39. The van der Waals surface area contributed by atoms with Crippen LogP contribution in [0, 0.1) is 0 Å². The first-order valence-electron chi connectivity index (χ1n) is 7.98. The van der Waals surface area contributed by atoms with Gasteiger partial charge in [-0.3, -0.25) is 9.59 Å². The van der Waals surface area contributed by atoms with E-state index in [4.69, 9.17) is 0 Å². The first kappa shape index (κ1) is 22.9. The minimum Gasteiger partial charge on any atom is -0.286 e. The molecule has 0 fully saturated rings. The van der Waals surface area contributed by atoms with Crippen LogP contribution in [0.1, 0.15) is 31.8 Å². The van der Waals surface area contributed by atoms with Gasteiger partial charge in [-0.2, -0.15) is 34.4 Å². The molecule has 0 bridgehead atoms. The van der Waals surface area contributed by atoms with E-state index in [0.29, 0.717) is 11.1 Å². The average Bonchev–Trinajstić information content (AvgIpc) is 3.01. The van der Waals surface area contributed by atoms with Crippen LogP contribution in [0.15, 0.2) is 36.4 Å². The Morgan fingerprint density at radius 3 is 1.29 bits per heavy atom. The summed E-state index contributed by atoms with van der Waals surface area (Å²) in [5.41, 5.74) is -0.790. The molecular formula is C17H8F6O6S2. The van der Waals surface area contributed by atoms with E-state index in [2.05, 4.69) is 0 Å². The number of fused-ring (bicyclic) bond motifs is 3. The van der Waals surface area contributed by atoms with Gasteiger partial charge in [0.15, 0.2) is 0 Å². The lowest BCUT2D eigenvalue weighted by atomic mass is 10.0. The number of hydrogen-bond acceptors (Lipinski definition) is 6. The van der Waals surface area contributed by atoms with Crippen molar-refractivity contribution in [3.63, 3.8) is 0 Å². The maximum atomic E-state index is 13.5. The standard InChI is InChI=1S/C17H8F6O6S2/c18-16(19,30(22,26)27)14(24)8-1-3-12-10(5-8)7-11-6-9(2-4-13(11)12)15(25)17(20,21)31(23,28)29/h1-6H,7H2. The molecule has 1 aliphatic carbocycles. The summed E-state index contributed by atoms with van der Waals surface area (Å²) in [6.07, 6.45) is -0.213. The van der Waals surface area contributed by atoms with Crippen LogP contribution in [0.25, 0.3) is 11.1 Å². The quantitative estimate of drug-likeness (QED) is 0.301. The average molecular weight is 486 g/mol. The predicted octanol–water partition coefficient (Wildman–Crippen LogP) is 3.41. The lowest BCUT2D eigenvalue weighted by Gasteiger charge is -2.11. The summed E-state index contributed by atoms with van der Waals surface area (Å²) < 4.78 is 121. The SMILES string of the molecule is O=C(c1ccc2c(c1)Cc1cc(C(=O)C(F)(F)S(=O)(=O)F)ccc1-2)C(F)(F)S(=O)(=O)F. The van der Waals surface area contributed by atoms with Gasteiger partial charge in [0.2, 0.25) is 0 Å². The second-order valence-electron chi connectivity index (χ2n) is 6.49. The number of ketones is 2. The molecule has 1 aliphatic rings. The molecule has 3 rings (SSSR count). The van der Waals surface area contributed by atoms with Crippen molar-refractivity contribution in [3.05, 3.63) is 58.7 Å². The highest BCUT2D eigenvalue weighted by atomic mass is 32.3. The summed E-state index contributed by atoms with van der Waals surface area (Å²) in [5, 5.41) is -10.6. The lowest BCUT2D eigenvalue weighted by Crippen LogP contribution is -2.35. The number of rotatable bonds is 6. The topological polar surface area (TPSA) is 102 Å². The summed E-state index contributed by atoms with van der Waals surface area (Å²) in [6, 6.07) is 5.54. The molecule has 0 aliphatic heterocycles. The van der Waals surface area contributed by atoms with Crippen LogP contribution in [-0.4, -0.2) is 38.9 Å². The van der Waals surface area contributed by atoms with E-state index < -0.39 is 53.6 Å². The zero-order valence-electron chi connectivity index (χ0n) is 14.7. The number of hydrogen-bond donors (Lipinski definition) is 0. The van der Waals surface area contributed by atoms with Crippen molar-refractivity contribution in [2.75, 3.05) is 0 Å². The van der Waals surface area contributed by atoms with Gasteiger partial charge in [0, 0.05) is 11.1 Å². The molecule has 0 unspecified atom stereocenters. The van der Waals surface area contributed by atoms with Crippen LogP contribution < -0.4 is 0 Å². The van der Waals surface area contributed by atoms with Crippen molar-refractivity contribution >= 4 is 32.0 Å². The van der Waals surface area contributed by atoms with E-state index in [1.807, 2.05) is 0 Å². The smallest absolute Gasteiger partial charge is 0.286 e. The van der Waals surface area contributed by atoms with Crippen molar-refractivity contribution in [3.8, 4) is 11.1 Å². The van der Waals surface area contributed by atoms with Crippen LogP contribution in [0.4, 0.5) is 25.3 Å². The number of Topliss-reactive ketones (excluding diaryl/α,β-unsaturated/α-hetero) is 2. The van der Waals surface area contributed by atoms with Gasteiger partial charge in [0.1, 0.15) is 0 Å². The molecule has 0 saturated carbocycles. The van der Waals surface area contributed by atoms with Gasteiger partial charge in [0.25, 0.3) is 11.6 Å². The highest BCUT2D eigenvalue weighted by Gasteiger charge is 2.54. The third-order valence-corrected chi connectivity index (χ3v) is 6.14. The first-order valence-corrected chi connectivity index (χ1v) is 10.7. The molecule has 0 amide bonds. The van der Waals surface area contributed by atoms with Gasteiger partial charge in [-0.25, -0.2) is 0 Å². The van der Waals surface area contributed by atoms with Gasteiger partial charge < -0.3 is 0 Å². The fourth-order valence-electron chi connectivity index (χ4n) is 3.05. The molecule has 166 valence electrons. The maximum Gasteiger partial charge on any atom is 0.435 e. The second-order valence-corrected chi connectivity index (χ2v) is 9.26. The Morgan fingerprint density at radius 1 is 0.677 bits per heavy atom. The minimum absolute atomic E-state index is 0.141. The molecule has 0 radical (unpaired) electrons. The molecule has 0 aromatic heterocycles. The largest absolute Gasteiger partial charge is 0.435 e. The van der Waals surface area contributed by atoms with Crippen molar-refractivity contribution in [1.82, 2.24) is 0 Å². The van der Waals surface area contributed by atoms with Crippen molar-refractivity contribution in [2.24, 2.45) is 0 Å². The van der Waals surface area contributed by atoms with E-state index in [1.165, 1.54) is 0 Å². The van der Waals surface area contributed by atoms with Gasteiger partial charge in [-0.1, -0.05) is 32.0 Å². The zero-order valence-corrected chi connectivity index (χ0v) is 16.3. The van der Waals surface area contributed by atoms with E-state index in [9.17, 15) is 51.8 Å². The molecule has 31 heavy (non-hydrogen) atoms. The Labute approximate surface area is 170 Å². The molecule has 0 saturated heterocycles. The number of benzene rings is 2. The second kappa shape index (κ2) is 6.88. The Kier molecular flexibility index (Phi) is 5.09. The molecule has 0 atom stereocenters. The molecule has 0 heterocycles. The van der Waals surface area contributed by atoms with E-state index in [1.54, 1.807) is 0 Å². The summed E-state index contributed by atoms with van der Waals surface area (Å²) in [5.74, 6) is -4.64. The monoisotopic (exact) mass is 486 g/mol. The summed E-state index contributed by atoms with van der Waals surface area (Å²) >= 11 is 0. The summed E-state index contributed by atoms with van der Waals surface area (Å²) in [6.45, 7) is 0. The van der Waals surface area contributed by atoms with E-state index >= 15 is 0 Å². The third kappa shape index (κ3) is 3.63. The Hall–Kier alpha value is -2.74. The van der Waals surface area contributed by atoms with Gasteiger partial charge in [-0.15, -0.1) is 0 Å². The molecule has 14 heteroatoms. The predicted molar refractivity (Wildman–Crippen MR) is 93.3 cm³/mol. The van der Waals surface area contributed by atoms with Crippen LogP contribution in [0.3, 0.4) is 0 Å². The van der Waals surface area contributed by atoms with Crippen LogP contribution in [0.5, 0.6) is 0 Å². The summed E-state index contributed by atoms with van der Waals surface area (Å²) in [4.78, 5) is 23.5. The number of alkyl halides is 4. The van der Waals surface area contributed by atoms with Crippen LogP contribution in [0.2, 0.25) is 0 Å². The van der Waals surface area contributed by atoms with Crippen LogP contribution in [-0.2, 0) is 26.9 Å². The van der Waals surface area contributed by atoms with Crippen molar-refractivity contribution in [2.45, 2.75) is 16.9 Å². The van der Waals surface area contributed by atoms with Gasteiger partial charge >= 0.3 is 31.0 Å². The normalized spacial score (nSPS) is 14.1. The molecular weight excluding hydrogens is 478 g/mol. The molecule has 0 N–H and O–H groups in total. The molecule has 2 aromatic carbocycles. The van der Waals surface area contributed by atoms with Crippen molar-refractivity contribution in [1.29, 1.82) is 0 Å². The fraction of sp³-hybridized carbons (Fsp3) is 0.176. The summed E-state index contributed by atoms with van der Waals surface area (Å²) in [7, 11) is -13.1. The molecule has 6 nitrogen and oxygen atoms in total. The Bertz CT molecular complexity index is 1250. The lowest BCUT2D eigenvalue weighted by molar-refractivity contribution is 0.0506. The van der Waals surface area contributed by atoms with E-state index in [0.717, 1.165) is 36.4 Å². The van der Waals surface area contributed by atoms with Crippen molar-refractivity contribution < 1.29 is 51.8 Å². The third-order valence-electron chi connectivity index (χ3n) is 4.55. The van der Waals surface area contributed by atoms with E-state index in [-0.39, 0.29) is 17.5 Å². The Morgan fingerprint density at radius 2 is 1.00 bits per heavy atom.